The summed E-state index contributed by atoms with van der Waals surface area (Å²) in [7, 11) is 0. The van der Waals surface area contributed by atoms with Crippen LogP contribution in [0.4, 0.5) is 0 Å². The highest BCUT2D eigenvalue weighted by Gasteiger charge is 2.08. The minimum absolute atomic E-state index is 0.744. The van der Waals surface area contributed by atoms with E-state index < -0.39 is 0 Å². The highest BCUT2D eigenvalue weighted by molar-refractivity contribution is 5.40. The molecule has 0 saturated heterocycles. The summed E-state index contributed by atoms with van der Waals surface area (Å²) in [6, 6.07) is 7.97. The van der Waals surface area contributed by atoms with E-state index in [2.05, 4.69) is 6.07 Å². The molecule has 12 heavy (non-hydrogen) atoms. The van der Waals surface area contributed by atoms with E-state index in [1.165, 1.54) is 11.6 Å². The predicted molar refractivity (Wildman–Crippen MR) is 47.7 cm³/mol. The number of allylic oxidation sites excluding steroid dienone is 2. The third-order valence-electron chi connectivity index (χ3n) is 1.89. The number of para-hydroxylation sites is 1. The van der Waals surface area contributed by atoms with Crippen LogP contribution in [0.25, 0.3) is 0 Å². The quantitative estimate of drug-likeness (QED) is 0.608. The molecule has 0 aliphatic carbocycles. The van der Waals surface area contributed by atoms with Crippen LogP contribution in [0.2, 0.25) is 0 Å². The van der Waals surface area contributed by atoms with Gasteiger partial charge in [-0.05, 0) is 30.2 Å². The fourth-order valence-electron chi connectivity index (χ4n) is 1.25. The first-order valence-electron chi connectivity index (χ1n) is 3.91. The monoisotopic (exact) mass is 157 g/mol. The first-order chi connectivity index (χ1) is 5.90. The van der Waals surface area contributed by atoms with Crippen LogP contribution >= 0.6 is 0 Å². The van der Waals surface area contributed by atoms with Crippen molar-refractivity contribution in [3.05, 3.63) is 54.3 Å². The minimum Gasteiger partial charge on any atom is -0.457 e. The van der Waals surface area contributed by atoms with Gasteiger partial charge in [0.15, 0.2) is 0 Å². The molecule has 0 aromatic heterocycles. The van der Waals surface area contributed by atoms with E-state index in [1.807, 2.05) is 24.3 Å². The third kappa shape index (κ3) is 1.14. The lowest BCUT2D eigenvalue weighted by molar-refractivity contribution is 0.428. The molecule has 59 valence electrons. The maximum atomic E-state index is 5.46. The number of fused-ring (bicyclic) bond motifs is 1. The molecule has 0 bridgehead atoms. The summed E-state index contributed by atoms with van der Waals surface area (Å²) in [5, 5.41) is 0. The van der Waals surface area contributed by atoms with Gasteiger partial charge < -0.3 is 4.74 Å². The first kappa shape index (κ1) is 7.17. The van der Waals surface area contributed by atoms with Crippen LogP contribution in [0.3, 0.4) is 0 Å². The molecule has 0 fully saturated rings. The van der Waals surface area contributed by atoms with Gasteiger partial charge in [0, 0.05) is 0 Å². The van der Waals surface area contributed by atoms with Crippen molar-refractivity contribution in [2.24, 2.45) is 0 Å². The fourth-order valence-corrected chi connectivity index (χ4v) is 1.25. The molecule has 1 radical (unpaired) electrons. The number of ether oxygens (including phenoxy) is 1. The molecule has 1 aliphatic heterocycles. The number of hydrogen-bond acceptors (Lipinski definition) is 1. The zero-order chi connectivity index (χ0) is 8.39. The van der Waals surface area contributed by atoms with Crippen LogP contribution in [0.15, 0.2) is 42.2 Å². The molecular formula is C11H9O. The third-order valence-corrected chi connectivity index (χ3v) is 1.89. The van der Waals surface area contributed by atoms with Gasteiger partial charge >= 0.3 is 0 Å². The van der Waals surface area contributed by atoms with Crippen molar-refractivity contribution >= 4 is 0 Å². The van der Waals surface area contributed by atoms with Crippen molar-refractivity contribution < 1.29 is 4.74 Å². The van der Waals surface area contributed by atoms with Gasteiger partial charge in [0.05, 0.1) is 0 Å². The highest BCUT2D eigenvalue weighted by Crippen LogP contribution is 2.25. The lowest BCUT2D eigenvalue weighted by Gasteiger charge is -2.15. The molecule has 1 aromatic carbocycles. The highest BCUT2D eigenvalue weighted by atomic mass is 16.5. The summed E-state index contributed by atoms with van der Waals surface area (Å²) in [4.78, 5) is 0. The maximum absolute atomic E-state index is 5.46. The van der Waals surface area contributed by atoms with Crippen molar-refractivity contribution in [2.45, 2.75) is 6.42 Å². The van der Waals surface area contributed by atoms with Crippen LogP contribution < -0.4 is 4.74 Å². The second-order valence-electron chi connectivity index (χ2n) is 2.69. The molecule has 1 aliphatic rings. The number of rotatable bonds is 1. The predicted octanol–water partition coefficient (Wildman–Crippen LogP) is 2.49. The van der Waals surface area contributed by atoms with Gasteiger partial charge in [-0.25, -0.2) is 0 Å². The largest absolute Gasteiger partial charge is 0.457 e. The summed E-state index contributed by atoms with van der Waals surface area (Å²) in [6.45, 7) is 5.34. The molecule has 2 rings (SSSR count). The zero-order valence-corrected chi connectivity index (χ0v) is 6.66. The molecule has 1 aromatic rings. The van der Waals surface area contributed by atoms with Crippen molar-refractivity contribution in [3.63, 3.8) is 0 Å². The topological polar surface area (TPSA) is 9.23 Å². The molecule has 0 saturated carbocycles. The lowest BCUT2D eigenvalue weighted by Crippen LogP contribution is -2.01. The Morgan fingerprint density at radius 2 is 2.17 bits per heavy atom. The van der Waals surface area contributed by atoms with Crippen LogP contribution in [0.5, 0.6) is 5.75 Å². The lowest BCUT2D eigenvalue weighted by atomic mass is 10.1. The van der Waals surface area contributed by atoms with Crippen LogP contribution in [0, 0.1) is 6.58 Å². The van der Waals surface area contributed by atoms with E-state index >= 15 is 0 Å². The Labute approximate surface area is 72.0 Å². The Kier molecular flexibility index (Phi) is 1.71. The molecule has 0 atom stereocenters. The van der Waals surface area contributed by atoms with E-state index in [9.17, 15) is 0 Å². The van der Waals surface area contributed by atoms with E-state index in [4.69, 9.17) is 11.3 Å². The average Bonchev–Trinajstić information content (AvgIpc) is 2.17. The molecule has 1 nitrogen and oxygen atoms in total. The smallest absolute Gasteiger partial charge is 0.130 e. The first-order valence-corrected chi connectivity index (χ1v) is 3.91. The molecule has 0 unspecified atom stereocenters. The molecule has 0 N–H and O–H groups in total. The summed E-state index contributed by atoms with van der Waals surface area (Å²) in [6.07, 6.45) is 4.36. The minimum atomic E-state index is 0.744. The van der Waals surface area contributed by atoms with Crippen molar-refractivity contribution in [3.8, 4) is 5.75 Å². The Hall–Kier alpha value is -1.50. The zero-order valence-electron chi connectivity index (χ0n) is 6.66. The SMILES string of the molecule is [CH]=CC1=CCc2ccccc2O1. The Bertz CT molecular complexity index is 337. The van der Waals surface area contributed by atoms with E-state index in [0.717, 1.165) is 17.9 Å². The van der Waals surface area contributed by atoms with E-state index in [-0.39, 0.29) is 0 Å². The standard InChI is InChI=1S/C11H9O/c1-2-10-8-7-9-5-3-4-6-11(9)12-10/h1-6,8H,7H2. The molecule has 1 heteroatoms. The van der Waals surface area contributed by atoms with E-state index in [0.29, 0.717) is 0 Å². The van der Waals surface area contributed by atoms with Gasteiger partial charge in [-0.1, -0.05) is 24.8 Å². The fraction of sp³-hybridized carbons (Fsp3) is 0.0909. The van der Waals surface area contributed by atoms with Gasteiger partial charge in [-0.3, -0.25) is 0 Å². The van der Waals surface area contributed by atoms with Crippen LogP contribution in [-0.2, 0) is 6.42 Å². The van der Waals surface area contributed by atoms with Crippen LogP contribution in [-0.4, -0.2) is 0 Å². The Morgan fingerprint density at radius 3 is 3.00 bits per heavy atom. The molecule has 1 heterocycles. The second kappa shape index (κ2) is 2.86. The van der Waals surface area contributed by atoms with Crippen molar-refractivity contribution in [1.29, 1.82) is 0 Å². The number of hydrogen-bond donors (Lipinski definition) is 0. The van der Waals surface area contributed by atoms with Gasteiger partial charge in [-0.2, -0.15) is 0 Å². The molecule has 0 amide bonds. The van der Waals surface area contributed by atoms with Gasteiger partial charge in [-0.15, -0.1) is 0 Å². The summed E-state index contributed by atoms with van der Waals surface area (Å²) >= 11 is 0. The summed E-state index contributed by atoms with van der Waals surface area (Å²) < 4.78 is 5.46. The normalized spacial score (nSPS) is 14.2. The van der Waals surface area contributed by atoms with Crippen LogP contribution in [0.1, 0.15) is 5.56 Å². The van der Waals surface area contributed by atoms with Crippen molar-refractivity contribution in [1.82, 2.24) is 0 Å². The average molecular weight is 157 g/mol. The Morgan fingerprint density at radius 1 is 1.33 bits per heavy atom. The van der Waals surface area contributed by atoms with Crippen molar-refractivity contribution in [2.75, 3.05) is 0 Å². The Balaban J connectivity index is 2.36. The van der Waals surface area contributed by atoms with Gasteiger partial charge in [0.25, 0.3) is 0 Å². The van der Waals surface area contributed by atoms with Gasteiger partial charge in [0.2, 0.25) is 0 Å². The maximum Gasteiger partial charge on any atom is 0.130 e. The second-order valence-corrected chi connectivity index (χ2v) is 2.69. The summed E-state index contributed by atoms with van der Waals surface area (Å²) in [5.74, 6) is 1.66. The summed E-state index contributed by atoms with van der Waals surface area (Å²) in [5.41, 5.74) is 1.21. The number of benzene rings is 1. The molecular weight excluding hydrogens is 148 g/mol. The van der Waals surface area contributed by atoms with Gasteiger partial charge in [0.1, 0.15) is 11.5 Å². The van der Waals surface area contributed by atoms with E-state index in [1.54, 1.807) is 0 Å². The molecule has 0 spiro atoms.